The van der Waals surface area contributed by atoms with Gasteiger partial charge in [-0.15, -0.1) is 20.2 Å². The van der Waals surface area contributed by atoms with E-state index in [9.17, 15) is 34.6 Å². The minimum absolute atomic E-state index is 0.0146. The van der Waals surface area contributed by atoms with Crippen molar-refractivity contribution in [2.45, 2.75) is 70.9 Å². The molecule has 0 aliphatic rings. The van der Waals surface area contributed by atoms with Crippen LogP contribution in [-0.2, 0) is 33.5 Å². The maximum absolute atomic E-state index is 12.3. The molecule has 0 aromatic heterocycles. The highest BCUT2D eigenvalue weighted by Crippen LogP contribution is 2.09. The second-order valence-electron chi connectivity index (χ2n) is 7.65. The molecular weight excluding hydrogens is 450 g/mol. The lowest BCUT2D eigenvalue weighted by Crippen LogP contribution is -2.44. The molecule has 0 aliphatic carbocycles. The first-order valence-electron chi connectivity index (χ1n) is 10.3. The Kier molecular flexibility index (Phi) is 14.6. The topological polar surface area (TPSA) is 196 Å². The maximum Gasteiger partial charge on any atom is 0.408 e. The van der Waals surface area contributed by atoms with Gasteiger partial charge in [-0.2, -0.15) is 0 Å². The number of hydrogen-bond donors (Lipinski definition) is 1. The summed E-state index contributed by atoms with van der Waals surface area (Å²) in [5.41, 5.74) is -0.812. The van der Waals surface area contributed by atoms with Crippen LogP contribution in [0.25, 0.3) is 0 Å². The zero-order valence-corrected chi connectivity index (χ0v) is 18.9. The number of amides is 1. The number of nitrogens with one attached hydrogen (secondary N) is 1. The van der Waals surface area contributed by atoms with Gasteiger partial charge in [0.25, 0.3) is 10.2 Å². The maximum atomic E-state index is 12.3. The lowest BCUT2D eigenvalue weighted by Gasteiger charge is -2.23. The van der Waals surface area contributed by atoms with Crippen LogP contribution in [-0.4, -0.2) is 66.3 Å². The van der Waals surface area contributed by atoms with Crippen LogP contribution in [0.2, 0.25) is 0 Å². The van der Waals surface area contributed by atoms with E-state index in [0.29, 0.717) is 19.3 Å². The van der Waals surface area contributed by atoms with E-state index in [4.69, 9.17) is 14.2 Å². The molecular formula is C18H31N3O12. The third-order valence-corrected chi connectivity index (χ3v) is 3.59. The Bertz CT molecular complexity index is 650. The second-order valence-corrected chi connectivity index (χ2v) is 7.65. The summed E-state index contributed by atoms with van der Waals surface area (Å²) in [6, 6.07) is -1.18. The van der Waals surface area contributed by atoms with E-state index in [1.807, 2.05) is 0 Å². The van der Waals surface area contributed by atoms with Crippen molar-refractivity contribution >= 4 is 18.0 Å². The van der Waals surface area contributed by atoms with Crippen molar-refractivity contribution in [3.8, 4) is 0 Å². The van der Waals surface area contributed by atoms with Crippen LogP contribution >= 0.6 is 0 Å². The van der Waals surface area contributed by atoms with E-state index < -0.39 is 39.8 Å². The number of carbonyl (C=O) groups is 3. The molecule has 0 aliphatic heterocycles. The fourth-order valence-corrected chi connectivity index (χ4v) is 2.18. The van der Waals surface area contributed by atoms with E-state index in [1.54, 1.807) is 20.8 Å². The van der Waals surface area contributed by atoms with Crippen molar-refractivity contribution in [1.29, 1.82) is 0 Å². The molecule has 15 heteroatoms. The SMILES string of the molecule is CC(C)(C)OC(=O)N[C@@H](CCC(=O)OCCCCO[N+](=O)[O-])C(=O)OCCCCO[N+](=O)[O-]. The fourth-order valence-electron chi connectivity index (χ4n) is 2.18. The standard InChI is InChI=1S/C18H31N3O12/c1-18(2,3)33-17(24)19-14(16(23)30-11-5-7-13-32-21(27)28)8-9-15(22)29-10-4-6-12-31-20(25)26/h14H,4-13H2,1-3H3,(H,19,24)/t14-/m0/s1. The molecule has 0 fully saturated rings. The van der Waals surface area contributed by atoms with Crippen LogP contribution in [0.1, 0.15) is 59.3 Å². The Morgan fingerprint density at radius 3 is 1.82 bits per heavy atom. The first-order chi connectivity index (χ1) is 15.4. The first-order valence-corrected chi connectivity index (χ1v) is 10.3. The number of nitrogens with zero attached hydrogens (tertiary/aromatic N) is 2. The van der Waals surface area contributed by atoms with Gasteiger partial charge in [0.1, 0.15) is 11.6 Å². The molecule has 0 bridgehead atoms. The van der Waals surface area contributed by atoms with E-state index in [0.717, 1.165) is 0 Å². The average molecular weight is 481 g/mol. The summed E-state index contributed by atoms with van der Waals surface area (Å²) in [7, 11) is 0. The number of unbranched alkanes of at least 4 members (excludes halogenated alkanes) is 2. The van der Waals surface area contributed by atoms with Crippen LogP contribution in [0.5, 0.6) is 0 Å². The van der Waals surface area contributed by atoms with Crippen LogP contribution in [0, 0.1) is 20.2 Å². The Balaban J connectivity index is 4.50. The highest BCUT2D eigenvalue weighted by Gasteiger charge is 2.26. The molecule has 1 N–H and O–H groups in total. The lowest BCUT2D eigenvalue weighted by atomic mass is 10.1. The van der Waals surface area contributed by atoms with Crippen LogP contribution in [0.3, 0.4) is 0 Å². The molecule has 0 unspecified atom stereocenters. The predicted molar refractivity (Wildman–Crippen MR) is 109 cm³/mol. The van der Waals surface area contributed by atoms with Crippen molar-refractivity contribution in [3.63, 3.8) is 0 Å². The molecule has 1 atom stereocenters. The van der Waals surface area contributed by atoms with E-state index >= 15 is 0 Å². The van der Waals surface area contributed by atoms with Gasteiger partial charge < -0.3 is 29.2 Å². The van der Waals surface area contributed by atoms with Crippen molar-refractivity contribution in [3.05, 3.63) is 20.2 Å². The summed E-state index contributed by atoms with van der Waals surface area (Å²) >= 11 is 0. The van der Waals surface area contributed by atoms with E-state index in [-0.39, 0.29) is 45.7 Å². The van der Waals surface area contributed by atoms with Crippen LogP contribution < -0.4 is 5.32 Å². The van der Waals surface area contributed by atoms with Gasteiger partial charge in [-0.05, 0) is 52.9 Å². The number of hydrogen-bond acceptors (Lipinski definition) is 12. The molecule has 0 radical (unpaired) electrons. The Morgan fingerprint density at radius 1 is 0.848 bits per heavy atom. The summed E-state index contributed by atoms with van der Waals surface area (Å²) < 4.78 is 15.2. The van der Waals surface area contributed by atoms with Crippen molar-refractivity contribution < 1.29 is 48.4 Å². The van der Waals surface area contributed by atoms with Gasteiger partial charge in [-0.25, -0.2) is 9.59 Å². The molecule has 0 saturated heterocycles. The average Bonchev–Trinajstić information content (AvgIpc) is 2.68. The zero-order valence-electron chi connectivity index (χ0n) is 18.9. The number of ether oxygens (including phenoxy) is 3. The summed E-state index contributed by atoms with van der Waals surface area (Å²) in [5.74, 6) is -1.44. The molecule has 15 nitrogen and oxygen atoms in total. The van der Waals surface area contributed by atoms with Gasteiger partial charge in [0, 0.05) is 6.42 Å². The normalized spacial score (nSPS) is 11.6. The largest absolute Gasteiger partial charge is 0.466 e. The van der Waals surface area contributed by atoms with Gasteiger partial charge in [0.05, 0.1) is 26.4 Å². The Hall–Kier alpha value is -3.39. The quantitative estimate of drug-likeness (QED) is 0.104. The molecule has 0 heterocycles. The van der Waals surface area contributed by atoms with Crippen molar-refractivity contribution in [1.82, 2.24) is 5.32 Å². The van der Waals surface area contributed by atoms with Gasteiger partial charge in [0.2, 0.25) is 0 Å². The van der Waals surface area contributed by atoms with Gasteiger partial charge in [-0.1, -0.05) is 0 Å². The lowest BCUT2D eigenvalue weighted by molar-refractivity contribution is -0.757. The molecule has 0 rings (SSSR count). The van der Waals surface area contributed by atoms with Crippen LogP contribution in [0.4, 0.5) is 4.79 Å². The molecule has 190 valence electrons. The molecule has 1 amide bonds. The number of alkyl carbamates (subject to hydrolysis) is 1. The summed E-state index contributed by atoms with van der Waals surface area (Å²) in [5, 5.41) is 20.6. The smallest absolute Gasteiger partial charge is 0.408 e. The highest BCUT2D eigenvalue weighted by atomic mass is 17.0. The summed E-state index contributed by atoms with van der Waals surface area (Å²) in [6.07, 6.45) is 0.0298. The number of rotatable bonds is 17. The number of carbonyl (C=O) groups excluding carboxylic acids is 3. The third-order valence-electron chi connectivity index (χ3n) is 3.59. The van der Waals surface area contributed by atoms with Crippen molar-refractivity contribution in [2.24, 2.45) is 0 Å². The second kappa shape index (κ2) is 16.3. The van der Waals surface area contributed by atoms with Gasteiger partial charge >= 0.3 is 18.0 Å². The monoisotopic (exact) mass is 481 g/mol. The Labute approximate surface area is 190 Å². The predicted octanol–water partition coefficient (Wildman–Crippen LogP) is 1.72. The van der Waals surface area contributed by atoms with Crippen molar-refractivity contribution in [2.75, 3.05) is 26.4 Å². The van der Waals surface area contributed by atoms with E-state index in [1.165, 1.54) is 0 Å². The first kappa shape index (κ1) is 29.6. The van der Waals surface area contributed by atoms with Gasteiger partial charge in [-0.3, -0.25) is 4.79 Å². The molecule has 0 aromatic carbocycles. The highest BCUT2D eigenvalue weighted by molar-refractivity contribution is 5.82. The molecule has 0 aromatic rings. The third kappa shape index (κ3) is 19.1. The summed E-state index contributed by atoms with van der Waals surface area (Å²) in [4.78, 5) is 64.6. The number of esters is 2. The molecule has 0 spiro atoms. The van der Waals surface area contributed by atoms with E-state index in [2.05, 4.69) is 15.0 Å². The molecule has 33 heavy (non-hydrogen) atoms. The van der Waals surface area contributed by atoms with Gasteiger partial charge in [0.15, 0.2) is 0 Å². The summed E-state index contributed by atoms with van der Waals surface area (Å²) in [6.45, 7) is 4.61. The minimum atomic E-state index is -1.18. The van der Waals surface area contributed by atoms with Crippen LogP contribution in [0.15, 0.2) is 0 Å². The fraction of sp³-hybridized carbons (Fsp3) is 0.833. The minimum Gasteiger partial charge on any atom is -0.466 e. The molecule has 0 saturated carbocycles. The Morgan fingerprint density at radius 2 is 1.33 bits per heavy atom. The zero-order chi connectivity index (χ0) is 25.3.